The number of hydrogen-bond acceptors (Lipinski definition) is 8. The fourth-order valence-corrected chi connectivity index (χ4v) is 6.62. The zero-order valence-electron chi connectivity index (χ0n) is 25.8. The van der Waals surface area contributed by atoms with Gasteiger partial charge in [-0.05, 0) is 78.9 Å². The number of fused-ring (bicyclic) bond motifs is 2. The number of carboxylic acids is 2. The molecule has 1 aliphatic carbocycles. The molecule has 0 atom stereocenters. The lowest BCUT2D eigenvalue weighted by atomic mass is 9.69. The third-order valence-corrected chi connectivity index (χ3v) is 9.31. The van der Waals surface area contributed by atoms with Gasteiger partial charge in [0.15, 0.2) is 5.43 Å². The molecule has 1 saturated heterocycles. The van der Waals surface area contributed by atoms with Gasteiger partial charge in [-0.1, -0.05) is 29.8 Å². The molecule has 0 unspecified atom stereocenters. The van der Waals surface area contributed by atoms with Crippen molar-refractivity contribution in [3.8, 4) is 28.2 Å². The second-order valence-corrected chi connectivity index (χ2v) is 12.5. The number of phenols is 1. The van der Waals surface area contributed by atoms with Crippen molar-refractivity contribution in [2.45, 2.75) is 25.7 Å². The third kappa shape index (κ3) is 6.53. The number of aromatic hydroxyl groups is 1. The molecule has 0 saturated carbocycles. The summed E-state index contributed by atoms with van der Waals surface area (Å²) in [7, 11) is 0. The maximum atomic E-state index is 13.8. The largest absolute Gasteiger partial charge is 0.508 e. The van der Waals surface area contributed by atoms with Crippen LogP contribution in [0.1, 0.15) is 45.5 Å². The highest BCUT2D eigenvalue weighted by atomic mass is 35.5. The lowest BCUT2D eigenvalue weighted by molar-refractivity contribution is -0.151. The van der Waals surface area contributed by atoms with E-state index >= 15 is 0 Å². The van der Waals surface area contributed by atoms with Crippen LogP contribution in [0.15, 0.2) is 88.1 Å². The number of hydrogen-bond donors (Lipinski definition) is 3. The van der Waals surface area contributed by atoms with Gasteiger partial charge in [-0.15, -0.1) is 0 Å². The highest BCUT2D eigenvalue weighted by molar-refractivity contribution is 6.36. The normalized spacial score (nSPS) is 14.1. The average molecular weight is 682 g/mol. The lowest BCUT2D eigenvalue weighted by Gasteiger charge is -2.41. The van der Waals surface area contributed by atoms with E-state index in [1.54, 1.807) is 30.3 Å². The van der Waals surface area contributed by atoms with Crippen LogP contribution in [0.4, 0.5) is 0 Å². The number of Topliss-reactive ketones (excluding diaryl/α,β-unsaturated/α-hetero) is 2. The summed E-state index contributed by atoms with van der Waals surface area (Å²) < 4.78 is 5.87. The Morgan fingerprint density at radius 2 is 1.53 bits per heavy atom. The van der Waals surface area contributed by atoms with E-state index in [0.29, 0.717) is 21.5 Å². The van der Waals surface area contributed by atoms with Crippen molar-refractivity contribution in [2.24, 2.45) is 5.41 Å². The molecule has 12 heteroatoms. The Morgan fingerprint density at radius 1 is 0.837 bits per heavy atom. The number of phenolic OH excluding ortho intramolecular Hbond substituents is 1. The molecule has 3 aliphatic rings. The zero-order valence-corrected chi connectivity index (χ0v) is 26.5. The van der Waals surface area contributed by atoms with Gasteiger partial charge in [-0.25, -0.2) is 9.59 Å². The average Bonchev–Trinajstić information content (AvgIpc) is 3.07. The van der Waals surface area contributed by atoms with Crippen LogP contribution < -0.4 is 5.43 Å². The highest BCUT2D eigenvalue weighted by Crippen LogP contribution is 2.43. The number of rotatable bonds is 9. The number of nitrogens with zero attached hydrogens (tertiary/aromatic N) is 1. The van der Waals surface area contributed by atoms with Gasteiger partial charge in [-0.3, -0.25) is 19.2 Å². The van der Waals surface area contributed by atoms with Crippen molar-refractivity contribution in [3.05, 3.63) is 111 Å². The number of aliphatic carboxylic acids is 1. The topological polar surface area (TPSA) is 179 Å². The number of carbonyl (C=O) groups excluding carboxylic acids is 3. The first-order valence-corrected chi connectivity index (χ1v) is 15.6. The van der Waals surface area contributed by atoms with Crippen molar-refractivity contribution in [2.75, 3.05) is 13.1 Å². The summed E-state index contributed by atoms with van der Waals surface area (Å²) >= 11 is 6.02. The minimum atomic E-state index is -1.69. The zero-order chi connectivity index (χ0) is 35.0. The van der Waals surface area contributed by atoms with E-state index < -0.39 is 41.2 Å². The fraction of sp³-hybridized carbons (Fsp3) is 0.189. The van der Waals surface area contributed by atoms with Crippen LogP contribution in [-0.2, 0) is 20.8 Å². The van der Waals surface area contributed by atoms with Crippen molar-refractivity contribution >= 4 is 52.0 Å². The van der Waals surface area contributed by atoms with E-state index in [1.807, 2.05) is 0 Å². The monoisotopic (exact) mass is 681 g/mol. The quantitative estimate of drug-likeness (QED) is 0.0992. The molecule has 0 spiro atoms. The number of halogens is 1. The van der Waals surface area contributed by atoms with Gasteiger partial charge in [0.1, 0.15) is 22.9 Å². The first kappa shape index (κ1) is 33.1. The Bertz CT molecular complexity index is 2200. The Labute approximate surface area is 283 Å². The summed E-state index contributed by atoms with van der Waals surface area (Å²) in [4.78, 5) is 76.8. The van der Waals surface area contributed by atoms with Crippen LogP contribution >= 0.6 is 11.6 Å². The van der Waals surface area contributed by atoms with Gasteiger partial charge in [-0.2, -0.15) is 0 Å². The number of benzene rings is 4. The highest BCUT2D eigenvalue weighted by Gasteiger charge is 2.43. The minimum Gasteiger partial charge on any atom is -0.508 e. The van der Waals surface area contributed by atoms with E-state index in [-0.39, 0.29) is 71.6 Å². The molecule has 2 aliphatic heterocycles. The van der Waals surface area contributed by atoms with Gasteiger partial charge < -0.3 is 24.6 Å². The maximum Gasteiger partial charge on any atom is 0.372 e. The first-order chi connectivity index (χ1) is 23.3. The van der Waals surface area contributed by atoms with Crippen molar-refractivity contribution in [1.82, 2.24) is 4.90 Å². The van der Waals surface area contributed by atoms with Crippen LogP contribution in [0.25, 0.3) is 33.4 Å². The van der Waals surface area contributed by atoms with Gasteiger partial charge in [0.05, 0.1) is 12.0 Å². The van der Waals surface area contributed by atoms with Crippen molar-refractivity contribution in [3.63, 3.8) is 0 Å². The predicted octanol–water partition coefficient (Wildman–Crippen LogP) is 5.70. The number of aromatic carboxylic acids is 1. The molecule has 1 amide bonds. The van der Waals surface area contributed by atoms with Gasteiger partial charge in [0.2, 0.25) is 5.78 Å². The van der Waals surface area contributed by atoms with E-state index in [2.05, 4.69) is 0 Å². The summed E-state index contributed by atoms with van der Waals surface area (Å²) in [5, 5.41) is 30.5. The Kier molecular flexibility index (Phi) is 8.79. The second-order valence-electron chi connectivity index (χ2n) is 12.1. The Balaban J connectivity index is 1.32. The number of ketones is 2. The number of likely N-dealkylation sites (tertiary alicyclic amines) is 1. The van der Waals surface area contributed by atoms with Crippen LogP contribution in [0, 0.1) is 5.41 Å². The van der Waals surface area contributed by atoms with Gasteiger partial charge >= 0.3 is 11.9 Å². The summed E-state index contributed by atoms with van der Waals surface area (Å²) in [6, 6.07) is 19.6. The van der Waals surface area contributed by atoms with Crippen molar-refractivity contribution in [1.29, 1.82) is 0 Å². The summed E-state index contributed by atoms with van der Waals surface area (Å²) in [5.41, 5.74) is 0.610. The standard InChI is InChI=1S/C37H28ClNO10/c38-22-4-1-20(2-5-22)19-37(32(43)18-29(42)36(47)48)11-13-39(14-12-37)34(44)21-3-8-25(28(15-21)35(45)46)33-26-9-6-23(40)16-30(26)49-31-17-24(41)7-10-27(31)33/h1-10,15-17,40H,11-14,18-19H2,(H,45,46)(H,47,48). The summed E-state index contributed by atoms with van der Waals surface area (Å²) in [6.07, 6.45) is -0.257. The minimum absolute atomic E-state index is 0.0897. The van der Waals surface area contributed by atoms with Gasteiger partial charge in [0.25, 0.3) is 5.91 Å². The van der Waals surface area contributed by atoms with E-state index in [4.69, 9.17) is 21.1 Å². The molecule has 0 bridgehead atoms. The van der Waals surface area contributed by atoms with E-state index in [9.17, 15) is 39.0 Å². The maximum absolute atomic E-state index is 13.8. The molecule has 11 nitrogen and oxygen atoms in total. The Morgan fingerprint density at radius 3 is 2.20 bits per heavy atom. The molecule has 3 aromatic rings. The molecular weight excluding hydrogens is 654 g/mol. The van der Waals surface area contributed by atoms with Crippen LogP contribution in [0.5, 0.6) is 5.75 Å². The Hall–Kier alpha value is -5.81. The summed E-state index contributed by atoms with van der Waals surface area (Å²) in [6.45, 7) is 0.195. The number of carbonyl (C=O) groups is 5. The predicted molar refractivity (Wildman–Crippen MR) is 178 cm³/mol. The molecule has 49 heavy (non-hydrogen) atoms. The number of piperidine rings is 1. The molecule has 3 aromatic carbocycles. The third-order valence-electron chi connectivity index (χ3n) is 9.06. The molecule has 1 fully saturated rings. The first-order valence-electron chi connectivity index (χ1n) is 15.3. The smallest absolute Gasteiger partial charge is 0.372 e. The molecule has 2 heterocycles. The van der Waals surface area contributed by atoms with Crippen LogP contribution in [-0.4, -0.2) is 62.7 Å². The van der Waals surface area contributed by atoms with Crippen LogP contribution in [0.2, 0.25) is 5.02 Å². The fourth-order valence-electron chi connectivity index (χ4n) is 6.50. The van der Waals surface area contributed by atoms with Crippen molar-refractivity contribution < 1.29 is 43.7 Å². The molecule has 248 valence electrons. The lowest BCUT2D eigenvalue weighted by Crippen LogP contribution is -2.48. The molecular formula is C37H28ClNO10. The second kappa shape index (κ2) is 13.0. The molecule has 0 radical (unpaired) electrons. The number of amides is 1. The molecule has 6 rings (SSSR count). The van der Waals surface area contributed by atoms with Crippen LogP contribution in [0.3, 0.4) is 0 Å². The number of carboxylic acid groups (broad SMARTS) is 2. The summed E-state index contributed by atoms with van der Waals surface area (Å²) in [5.74, 6) is -5.11. The van der Waals surface area contributed by atoms with E-state index in [0.717, 1.165) is 5.56 Å². The SMILES string of the molecule is O=C(O)C(=O)CC(=O)C1(Cc2ccc(Cl)cc2)CCN(C(=O)c2ccc(-c3c4ccc(=O)cc-4oc4cc(O)ccc34)c(C(=O)O)c2)CC1. The van der Waals surface area contributed by atoms with Gasteiger partial charge in [0, 0.05) is 57.7 Å². The molecule has 0 aromatic heterocycles. The molecule has 3 N–H and O–H groups in total. The van der Waals surface area contributed by atoms with E-state index in [1.165, 1.54) is 53.4 Å².